The molecule has 0 aromatic heterocycles. The second-order valence-electron chi connectivity index (χ2n) is 7.64. The van der Waals surface area contributed by atoms with Gasteiger partial charge in [-0.15, -0.1) is 0 Å². The molecule has 2 amide bonds. The molecule has 0 aliphatic carbocycles. The topological polar surface area (TPSA) is 58.6 Å². The molecule has 31 heavy (non-hydrogen) atoms. The third kappa shape index (κ3) is 7.54. The standard InChI is InChI=1S/C24H30BrClN2O3/c1-5-17-9-12-22(20(25)13-17)31-15-23(29)28(14-18-7-10-19(26)11-8-18)21(6-2)24(30)27-16(3)4/h7-13,16,21H,5-6,14-15H2,1-4H3,(H,27,30). The molecule has 0 radical (unpaired) electrons. The van der Waals surface area contributed by atoms with Gasteiger partial charge in [0, 0.05) is 17.6 Å². The lowest BCUT2D eigenvalue weighted by atomic mass is 10.1. The molecule has 5 nitrogen and oxygen atoms in total. The zero-order chi connectivity index (χ0) is 23.0. The average Bonchev–Trinajstić information content (AvgIpc) is 2.73. The van der Waals surface area contributed by atoms with Gasteiger partial charge in [0.05, 0.1) is 4.47 Å². The molecule has 0 saturated carbocycles. The third-order valence-electron chi connectivity index (χ3n) is 4.84. The molecular weight excluding hydrogens is 480 g/mol. The van der Waals surface area contributed by atoms with Crippen LogP contribution in [-0.2, 0) is 22.6 Å². The van der Waals surface area contributed by atoms with Crippen LogP contribution in [0.1, 0.15) is 45.2 Å². The Hall–Kier alpha value is -2.05. The zero-order valence-corrected chi connectivity index (χ0v) is 20.8. The van der Waals surface area contributed by atoms with E-state index in [1.54, 1.807) is 17.0 Å². The number of nitrogens with one attached hydrogen (secondary N) is 1. The average molecular weight is 510 g/mol. The molecule has 0 fully saturated rings. The monoisotopic (exact) mass is 508 g/mol. The van der Waals surface area contributed by atoms with Crippen LogP contribution in [0.15, 0.2) is 46.9 Å². The van der Waals surface area contributed by atoms with Gasteiger partial charge in [-0.3, -0.25) is 9.59 Å². The fourth-order valence-corrected chi connectivity index (χ4v) is 3.86. The van der Waals surface area contributed by atoms with Gasteiger partial charge >= 0.3 is 0 Å². The van der Waals surface area contributed by atoms with Gasteiger partial charge in [0.15, 0.2) is 6.61 Å². The lowest BCUT2D eigenvalue weighted by Crippen LogP contribution is -2.51. The Bertz CT molecular complexity index is 887. The predicted octanol–water partition coefficient (Wildman–Crippen LogP) is 5.38. The molecule has 168 valence electrons. The number of hydrogen-bond donors (Lipinski definition) is 1. The third-order valence-corrected chi connectivity index (χ3v) is 5.71. The summed E-state index contributed by atoms with van der Waals surface area (Å²) in [6, 6.07) is 12.5. The maximum absolute atomic E-state index is 13.2. The van der Waals surface area contributed by atoms with Gasteiger partial charge < -0.3 is 15.0 Å². The van der Waals surface area contributed by atoms with Crippen molar-refractivity contribution in [1.82, 2.24) is 10.2 Å². The van der Waals surface area contributed by atoms with Crippen LogP contribution < -0.4 is 10.1 Å². The van der Waals surface area contributed by atoms with E-state index in [1.165, 1.54) is 5.56 Å². The van der Waals surface area contributed by atoms with Crippen molar-refractivity contribution in [3.8, 4) is 5.75 Å². The maximum Gasteiger partial charge on any atom is 0.261 e. The van der Waals surface area contributed by atoms with Crippen LogP contribution in [0.3, 0.4) is 0 Å². The predicted molar refractivity (Wildman–Crippen MR) is 128 cm³/mol. The summed E-state index contributed by atoms with van der Waals surface area (Å²) in [4.78, 5) is 27.6. The summed E-state index contributed by atoms with van der Waals surface area (Å²) in [6.07, 6.45) is 1.41. The summed E-state index contributed by atoms with van der Waals surface area (Å²) in [7, 11) is 0. The normalized spacial score (nSPS) is 11.8. The van der Waals surface area contributed by atoms with Crippen molar-refractivity contribution >= 4 is 39.3 Å². The Morgan fingerprint density at radius 1 is 1.10 bits per heavy atom. The van der Waals surface area contributed by atoms with Crippen LogP contribution in [0.2, 0.25) is 5.02 Å². The molecule has 7 heteroatoms. The Kier molecular flexibility index (Phi) is 9.85. The maximum atomic E-state index is 13.2. The molecule has 1 unspecified atom stereocenters. The van der Waals surface area contributed by atoms with Crippen molar-refractivity contribution in [2.45, 2.75) is 59.2 Å². The smallest absolute Gasteiger partial charge is 0.261 e. The van der Waals surface area contributed by atoms with Gasteiger partial charge in [-0.1, -0.05) is 43.6 Å². The lowest BCUT2D eigenvalue weighted by Gasteiger charge is -2.31. The highest BCUT2D eigenvalue weighted by molar-refractivity contribution is 9.10. The summed E-state index contributed by atoms with van der Waals surface area (Å²) in [5, 5.41) is 3.54. The summed E-state index contributed by atoms with van der Waals surface area (Å²) in [5.74, 6) is 0.164. The Balaban J connectivity index is 2.21. The van der Waals surface area contributed by atoms with Crippen LogP contribution >= 0.6 is 27.5 Å². The quantitative estimate of drug-likeness (QED) is 0.468. The number of halogens is 2. The fraction of sp³-hybridized carbons (Fsp3) is 0.417. The van der Waals surface area contributed by atoms with E-state index in [2.05, 4.69) is 28.2 Å². The van der Waals surface area contributed by atoms with Crippen molar-refractivity contribution in [3.63, 3.8) is 0 Å². The summed E-state index contributed by atoms with van der Waals surface area (Å²) in [6.45, 7) is 7.90. The first-order valence-electron chi connectivity index (χ1n) is 10.5. The molecule has 2 aromatic rings. The number of rotatable bonds is 10. The molecule has 2 aromatic carbocycles. The van der Waals surface area contributed by atoms with Gasteiger partial charge in [-0.05, 0) is 78.0 Å². The van der Waals surface area contributed by atoms with E-state index < -0.39 is 6.04 Å². The molecular formula is C24H30BrClN2O3. The molecule has 0 aliphatic heterocycles. The van der Waals surface area contributed by atoms with Gasteiger partial charge in [0.1, 0.15) is 11.8 Å². The molecule has 0 heterocycles. The number of ether oxygens (including phenoxy) is 1. The number of benzene rings is 2. The zero-order valence-electron chi connectivity index (χ0n) is 18.5. The highest BCUT2D eigenvalue weighted by Gasteiger charge is 2.29. The van der Waals surface area contributed by atoms with Crippen LogP contribution in [0, 0.1) is 0 Å². The molecule has 1 atom stereocenters. The first-order chi connectivity index (χ1) is 14.7. The Morgan fingerprint density at radius 2 is 1.74 bits per heavy atom. The number of amides is 2. The summed E-state index contributed by atoms with van der Waals surface area (Å²) in [5.41, 5.74) is 2.06. The van der Waals surface area contributed by atoms with Crippen LogP contribution in [0.4, 0.5) is 0 Å². The molecule has 0 bridgehead atoms. The summed E-state index contributed by atoms with van der Waals surface area (Å²) >= 11 is 9.50. The van der Waals surface area contributed by atoms with E-state index in [9.17, 15) is 9.59 Å². The number of nitrogens with zero attached hydrogens (tertiary/aromatic N) is 1. The minimum Gasteiger partial charge on any atom is -0.483 e. The molecule has 0 spiro atoms. The van der Waals surface area contributed by atoms with E-state index in [4.69, 9.17) is 16.3 Å². The first kappa shape index (κ1) is 25.2. The SMILES string of the molecule is CCc1ccc(OCC(=O)N(Cc2ccc(Cl)cc2)C(CC)C(=O)NC(C)C)c(Br)c1. The van der Waals surface area contributed by atoms with Crippen molar-refractivity contribution in [3.05, 3.63) is 63.1 Å². The van der Waals surface area contributed by atoms with Gasteiger partial charge in [0.2, 0.25) is 5.91 Å². The number of hydrogen-bond acceptors (Lipinski definition) is 3. The van der Waals surface area contributed by atoms with E-state index in [1.807, 2.05) is 51.1 Å². The van der Waals surface area contributed by atoms with Crippen LogP contribution in [-0.4, -0.2) is 35.4 Å². The van der Waals surface area contributed by atoms with E-state index in [-0.39, 0.29) is 24.5 Å². The van der Waals surface area contributed by atoms with E-state index >= 15 is 0 Å². The second kappa shape index (κ2) is 12.1. The minimum absolute atomic E-state index is 0.0154. The Labute approximate surface area is 198 Å². The van der Waals surface area contributed by atoms with Crippen LogP contribution in [0.5, 0.6) is 5.75 Å². The van der Waals surface area contributed by atoms with Crippen LogP contribution in [0.25, 0.3) is 0 Å². The van der Waals surface area contributed by atoms with Gasteiger partial charge in [-0.2, -0.15) is 0 Å². The highest BCUT2D eigenvalue weighted by Crippen LogP contribution is 2.26. The van der Waals surface area contributed by atoms with Crippen molar-refractivity contribution in [2.24, 2.45) is 0 Å². The molecule has 0 saturated heterocycles. The Morgan fingerprint density at radius 3 is 2.29 bits per heavy atom. The number of carbonyl (C=O) groups is 2. The molecule has 2 rings (SSSR count). The molecule has 0 aliphatic rings. The van der Waals surface area contributed by atoms with Gasteiger partial charge in [0.25, 0.3) is 5.91 Å². The largest absolute Gasteiger partial charge is 0.483 e. The fourth-order valence-electron chi connectivity index (χ4n) is 3.19. The van der Waals surface area contributed by atoms with E-state index in [0.717, 1.165) is 16.5 Å². The summed E-state index contributed by atoms with van der Waals surface area (Å²) < 4.78 is 6.60. The number of aryl methyl sites for hydroxylation is 1. The second-order valence-corrected chi connectivity index (χ2v) is 8.93. The van der Waals surface area contributed by atoms with Gasteiger partial charge in [-0.25, -0.2) is 0 Å². The number of carbonyl (C=O) groups excluding carboxylic acids is 2. The van der Waals surface area contributed by atoms with Crippen molar-refractivity contribution < 1.29 is 14.3 Å². The minimum atomic E-state index is -0.597. The van der Waals surface area contributed by atoms with Crippen molar-refractivity contribution in [2.75, 3.05) is 6.61 Å². The van der Waals surface area contributed by atoms with Crippen molar-refractivity contribution in [1.29, 1.82) is 0 Å². The first-order valence-corrected chi connectivity index (χ1v) is 11.7. The lowest BCUT2D eigenvalue weighted by molar-refractivity contribution is -0.143. The highest BCUT2D eigenvalue weighted by atomic mass is 79.9. The molecule has 1 N–H and O–H groups in total. The van der Waals surface area contributed by atoms with E-state index in [0.29, 0.717) is 23.7 Å².